The number of thiophene rings is 1. The molecule has 0 amide bonds. The Morgan fingerprint density at radius 3 is 2.43 bits per heavy atom. The van der Waals surface area contributed by atoms with E-state index in [9.17, 15) is 0 Å². The highest BCUT2D eigenvalue weighted by molar-refractivity contribution is 7.80. The van der Waals surface area contributed by atoms with Crippen LogP contribution in [-0.2, 0) is 18.8 Å². The lowest BCUT2D eigenvalue weighted by atomic mass is 9.78. The molecule has 0 atom stereocenters. The average Bonchev–Trinajstić information content (AvgIpc) is 3.17. The monoisotopic (exact) mass is 354 g/mol. The van der Waals surface area contributed by atoms with Crippen molar-refractivity contribution in [1.82, 2.24) is 0 Å². The molecule has 0 aromatic carbocycles. The minimum atomic E-state index is -0.361. The quantitative estimate of drug-likeness (QED) is 0.660. The second-order valence-electron chi connectivity index (χ2n) is 6.82. The summed E-state index contributed by atoms with van der Waals surface area (Å²) in [6.07, 6.45) is 1.86. The highest BCUT2D eigenvalue weighted by Crippen LogP contribution is 2.39. The van der Waals surface area contributed by atoms with Gasteiger partial charge in [-0.15, -0.1) is 11.3 Å². The van der Waals surface area contributed by atoms with E-state index in [1.54, 1.807) is 11.3 Å². The van der Waals surface area contributed by atoms with Crippen molar-refractivity contribution in [3.05, 3.63) is 27.4 Å². The van der Waals surface area contributed by atoms with Gasteiger partial charge in [0.1, 0.15) is 0 Å². The molecule has 2 fully saturated rings. The van der Waals surface area contributed by atoms with Crippen molar-refractivity contribution in [1.29, 1.82) is 0 Å². The fraction of sp³-hybridized carbons (Fsp3) is 0.625. The summed E-state index contributed by atoms with van der Waals surface area (Å²) in [6.45, 7) is 9.54. The van der Waals surface area contributed by atoms with E-state index < -0.39 is 0 Å². The van der Waals surface area contributed by atoms with Crippen molar-refractivity contribution < 1.29 is 18.8 Å². The van der Waals surface area contributed by atoms with Gasteiger partial charge in [0.2, 0.25) is 0 Å². The third-order valence-corrected chi connectivity index (χ3v) is 5.92. The SMILES string of the molecule is CC1(C)OB(C(=Cc2csc(C3OCCO3)c2)CS)OC1(C)C. The van der Waals surface area contributed by atoms with Gasteiger partial charge in [0.05, 0.1) is 29.3 Å². The maximum absolute atomic E-state index is 6.11. The zero-order chi connectivity index (χ0) is 16.7. The first-order valence-electron chi connectivity index (χ1n) is 7.81. The Hall–Kier alpha value is -0.305. The molecule has 0 N–H and O–H groups in total. The largest absolute Gasteiger partial charge is 0.491 e. The van der Waals surface area contributed by atoms with Crippen molar-refractivity contribution in [2.45, 2.75) is 45.2 Å². The molecule has 3 heterocycles. The first-order valence-corrected chi connectivity index (χ1v) is 9.32. The third kappa shape index (κ3) is 3.55. The topological polar surface area (TPSA) is 36.9 Å². The third-order valence-electron chi connectivity index (χ3n) is 4.58. The summed E-state index contributed by atoms with van der Waals surface area (Å²) in [5.41, 5.74) is 1.43. The highest BCUT2D eigenvalue weighted by Gasteiger charge is 2.52. The van der Waals surface area contributed by atoms with Crippen LogP contribution >= 0.6 is 24.0 Å². The average molecular weight is 354 g/mol. The zero-order valence-electron chi connectivity index (χ0n) is 14.0. The van der Waals surface area contributed by atoms with E-state index in [0.29, 0.717) is 19.0 Å². The van der Waals surface area contributed by atoms with Crippen LogP contribution in [0.1, 0.15) is 44.4 Å². The minimum Gasteiger partial charge on any atom is -0.400 e. The standard InChI is InChI=1S/C16H23BO4S2/c1-15(2)16(3,4)21-17(20-15)12(9-22)7-11-8-13(23-10-11)14-18-5-6-19-14/h7-8,10,14,22H,5-6,9H2,1-4H3. The van der Waals surface area contributed by atoms with E-state index in [1.165, 1.54) is 0 Å². The molecule has 7 heteroatoms. The molecule has 126 valence electrons. The molecule has 3 rings (SSSR count). The Morgan fingerprint density at radius 2 is 1.87 bits per heavy atom. The minimum absolute atomic E-state index is 0.224. The van der Waals surface area contributed by atoms with Gasteiger partial charge in [0, 0.05) is 5.75 Å². The van der Waals surface area contributed by atoms with Crippen LogP contribution < -0.4 is 0 Å². The molecule has 0 unspecified atom stereocenters. The van der Waals surface area contributed by atoms with Gasteiger partial charge >= 0.3 is 7.12 Å². The van der Waals surface area contributed by atoms with E-state index in [0.717, 1.165) is 15.9 Å². The normalized spacial score (nSPS) is 24.6. The van der Waals surface area contributed by atoms with Crippen molar-refractivity contribution in [3.63, 3.8) is 0 Å². The van der Waals surface area contributed by atoms with Gasteiger partial charge in [0.25, 0.3) is 0 Å². The Labute approximate surface area is 147 Å². The number of hydrogen-bond donors (Lipinski definition) is 1. The van der Waals surface area contributed by atoms with Crippen LogP contribution in [-0.4, -0.2) is 37.3 Å². The van der Waals surface area contributed by atoms with Gasteiger partial charge in [-0.05, 0) is 50.2 Å². The lowest BCUT2D eigenvalue weighted by Crippen LogP contribution is -2.41. The van der Waals surface area contributed by atoms with Gasteiger partial charge < -0.3 is 18.8 Å². The van der Waals surface area contributed by atoms with Gasteiger partial charge in [-0.3, -0.25) is 0 Å². The second kappa shape index (κ2) is 6.54. The first kappa shape index (κ1) is 17.5. The lowest BCUT2D eigenvalue weighted by Gasteiger charge is -2.32. The molecule has 4 nitrogen and oxygen atoms in total. The summed E-state index contributed by atoms with van der Waals surface area (Å²) in [5.74, 6) is 0.582. The molecule has 0 saturated carbocycles. The molecular weight excluding hydrogens is 331 g/mol. The number of ether oxygens (including phenoxy) is 2. The lowest BCUT2D eigenvalue weighted by molar-refractivity contribution is -0.0413. The van der Waals surface area contributed by atoms with E-state index in [2.05, 4.69) is 57.8 Å². The molecule has 2 aliphatic rings. The predicted molar refractivity (Wildman–Crippen MR) is 96.9 cm³/mol. The summed E-state index contributed by atoms with van der Waals surface area (Å²) in [7, 11) is -0.361. The smallest absolute Gasteiger partial charge is 0.400 e. The van der Waals surface area contributed by atoms with Crippen LogP contribution in [0.3, 0.4) is 0 Å². The molecule has 0 bridgehead atoms. The van der Waals surface area contributed by atoms with Gasteiger partial charge in [-0.1, -0.05) is 6.08 Å². The molecule has 1 aromatic rings. The Balaban J connectivity index is 1.77. The molecule has 0 spiro atoms. The van der Waals surface area contributed by atoms with Crippen molar-refractivity contribution in [3.8, 4) is 0 Å². The van der Waals surface area contributed by atoms with Crippen LogP contribution in [0.5, 0.6) is 0 Å². The van der Waals surface area contributed by atoms with Gasteiger partial charge in [0.15, 0.2) is 6.29 Å². The van der Waals surface area contributed by atoms with Crippen LogP contribution in [0.15, 0.2) is 16.9 Å². The first-order chi connectivity index (χ1) is 10.8. The molecule has 0 aliphatic carbocycles. The van der Waals surface area contributed by atoms with Crippen LogP contribution in [0.4, 0.5) is 0 Å². The number of rotatable bonds is 4. The van der Waals surface area contributed by atoms with Crippen molar-refractivity contribution in [2.24, 2.45) is 0 Å². The molecular formula is C16H23BO4S2. The molecule has 0 radical (unpaired) electrons. The van der Waals surface area contributed by atoms with Crippen LogP contribution in [0, 0.1) is 0 Å². The molecule has 23 heavy (non-hydrogen) atoms. The van der Waals surface area contributed by atoms with E-state index in [1.807, 2.05) is 0 Å². The van der Waals surface area contributed by atoms with E-state index >= 15 is 0 Å². The Kier molecular flexibility index (Phi) is 4.98. The van der Waals surface area contributed by atoms with Crippen molar-refractivity contribution in [2.75, 3.05) is 19.0 Å². The van der Waals surface area contributed by atoms with Crippen LogP contribution in [0.25, 0.3) is 6.08 Å². The van der Waals surface area contributed by atoms with Crippen molar-refractivity contribution >= 4 is 37.2 Å². The molecule has 2 aliphatic heterocycles. The van der Waals surface area contributed by atoms with E-state index in [4.69, 9.17) is 18.8 Å². The number of thiol groups is 1. The summed E-state index contributed by atoms with van der Waals surface area (Å²) in [4.78, 5) is 1.08. The summed E-state index contributed by atoms with van der Waals surface area (Å²) >= 11 is 6.09. The fourth-order valence-corrected chi connectivity index (χ4v) is 3.59. The highest BCUT2D eigenvalue weighted by atomic mass is 32.1. The Morgan fingerprint density at radius 1 is 1.26 bits per heavy atom. The molecule has 1 aromatic heterocycles. The van der Waals surface area contributed by atoms with Crippen LogP contribution in [0.2, 0.25) is 0 Å². The predicted octanol–water partition coefficient (Wildman–Crippen LogP) is 3.74. The Bertz CT molecular complexity index is 575. The zero-order valence-corrected chi connectivity index (χ0v) is 15.7. The summed E-state index contributed by atoms with van der Waals surface area (Å²) in [6, 6.07) is 2.09. The second-order valence-corrected chi connectivity index (χ2v) is 8.08. The molecule has 2 saturated heterocycles. The number of hydrogen-bond acceptors (Lipinski definition) is 6. The maximum atomic E-state index is 6.11. The van der Waals surface area contributed by atoms with E-state index in [-0.39, 0.29) is 24.6 Å². The summed E-state index contributed by atoms with van der Waals surface area (Å²) in [5, 5.41) is 2.09. The van der Waals surface area contributed by atoms with Gasteiger partial charge in [-0.25, -0.2) is 0 Å². The van der Waals surface area contributed by atoms with Gasteiger partial charge in [-0.2, -0.15) is 12.6 Å². The maximum Gasteiger partial charge on any atom is 0.491 e. The summed E-state index contributed by atoms with van der Waals surface area (Å²) < 4.78 is 23.3. The fourth-order valence-electron chi connectivity index (χ4n) is 2.49.